The highest BCUT2D eigenvalue weighted by Crippen LogP contribution is 2.30. The van der Waals surface area contributed by atoms with Crippen molar-refractivity contribution in [2.75, 3.05) is 10.7 Å². The van der Waals surface area contributed by atoms with Gasteiger partial charge in [-0.15, -0.1) is 0 Å². The molecule has 0 saturated carbocycles. The molecule has 0 amide bonds. The number of nitrogens with zero attached hydrogens (tertiary/aromatic N) is 2. The number of nitrogens with one attached hydrogen (secondary N) is 2. The Hall–Kier alpha value is -1.18. The van der Waals surface area contributed by atoms with Crippen molar-refractivity contribution < 1.29 is 0 Å². The molecule has 0 atom stereocenters. The molecule has 0 unspecified atom stereocenters. The molecule has 100 valence electrons. The van der Waals surface area contributed by atoms with E-state index >= 15 is 0 Å². The second-order valence-corrected chi connectivity index (χ2v) is 5.57. The third-order valence-electron chi connectivity index (χ3n) is 2.62. The number of hydrogen-bond donors (Lipinski definition) is 3. The smallest absolute Gasteiger partial charge is 0.148 e. The van der Waals surface area contributed by atoms with Crippen LogP contribution in [0.15, 0.2) is 33.5 Å². The number of rotatable bonds is 4. The number of hydrazine groups is 1. The van der Waals surface area contributed by atoms with Crippen LogP contribution in [-0.4, -0.2) is 9.97 Å². The molecule has 0 aliphatic heterocycles. The van der Waals surface area contributed by atoms with E-state index in [0.29, 0.717) is 5.82 Å². The van der Waals surface area contributed by atoms with Crippen LogP contribution in [0.5, 0.6) is 0 Å². The van der Waals surface area contributed by atoms with Gasteiger partial charge in [0.25, 0.3) is 0 Å². The van der Waals surface area contributed by atoms with Crippen molar-refractivity contribution in [3.63, 3.8) is 0 Å². The van der Waals surface area contributed by atoms with Crippen LogP contribution in [0.25, 0.3) is 0 Å². The summed E-state index contributed by atoms with van der Waals surface area (Å²) in [5, 5.41) is 3.28. The molecule has 0 bridgehead atoms. The molecule has 1 aromatic carbocycles. The Morgan fingerprint density at radius 3 is 2.63 bits per heavy atom. The van der Waals surface area contributed by atoms with E-state index in [1.807, 2.05) is 25.1 Å². The lowest BCUT2D eigenvalue weighted by atomic mass is 10.2. The van der Waals surface area contributed by atoms with Crippen molar-refractivity contribution in [2.45, 2.75) is 13.3 Å². The fraction of sp³-hybridized carbons (Fsp3) is 0.167. The Morgan fingerprint density at radius 2 is 1.95 bits per heavy atom. The zero-order chi connectivity index (χ0) is 13.8. The average molecular weight is 387 g/mol. The predicted octanol–water partition coefficient (Wildman–Crippen LogP) is 3.59. The average Bonchev–Trinajstić information content (AvgIpc) is 2.42. The molecular weight excluding hydrogens is 374 g/mol. The first-order valence-corrected chi connectivity index (χ1v) is 7.26. The lowest BCUT2D eigenvalue weighted by molar-refractivity contribution is 1.04. The molecule has 5 nitrogen and oxygen atoms in total. The fourth-order valence-corrected chi connectivity index (χ4v) is 2.41. The Kier molecular flexibility index (Phi) is 4.73. The van der Waals surface area contributed by atoms with Crippen molar-refractivity contribution in [3.05, 3.63) is 39.0 Å². The van der Waals surface area contributed by atoms with Crippen molar-refractivity contribution in [2.24, 2.45) is 5.84 Å². The summed E-state index contributed by atoms with van der Waals surface area (Å²) in [5.74, 6) is 6.83. The number of hydrogen-bond acceptors (Lipinski definition) is 5. The molecule has 0 saturated heterocycles. The number of benzene rings is 1. The Labute approximate surface area is 128 Å². The van der Waals surface area contributed by atoms with Gasteiger partial charge in [0.2, 0.25) is 0 Å². The first-order valence-electron chi connectivity index (χ1n) is 5.68. The van der Waals surface area contributed by atoms with Gasteiger partial charge in [0, 0.05) is 14.5 Å². The summed E-state index contributed by atoms with van der Waals surface area (Å²) < 4.78 is 1.95. The topological polar surface area (TPSA) is 75.9 Å². The van der Waals surface area contributed by atoms with Crippen LogP contribution in [0.2, 0.25) is 0 Å². The maximum absolute atomic E-state index is 5.46. The Bertz CT molecular complexity index is 588. The van der Waals surface area contributed by atoms with E-state index in [1.54, 1.807) is 0 Å². The second kappa shape index (κ2) is 6.31. The summed E-state index contributed by atoms with van der Waals surface area (Å²) in [6, 6.07) is 5.89. The highest BCUT2D eigenvalue weighted by molar-refractivity contribution is 9.11. The SMILES string of the molecule is CCc1c(NN)ncnc1Nc1cc(Br)ccc1Br. The molecule has 2 rings (SSSR count). The fourth-order valence-electron chi connectivity index (χ4n) is 1.70. The summed E-state index contributed by atoms with van der Waals surface area (Å²) >= 11 is 6.95. The van der Waals surface area contributed by atoms with Gasteiger partial charge in [-0.05, 0) is 40.5 Å². The Morgan fingerprint density at radius 1 is 1.21 bits per heavy atom. The largest absolute Gasteiger partial charge is 0.339 e. The van der Waals surface area contributed by atoms with Gasteiger partial charge in [-0.25, -0.2) is 15.8 Å². The standard InChI is InChI=1S/C12H13Br2N5/c1-2-8-11(16-6-17-12(8)19-15)18-10-5-7(13)3-4-9(10)14/h3-6H,2,15H2,1H3,(H2,16,17,18,19). The van der Waals surface area contributed by atoms with Crippen molar-refractivity contribution in [3.8, 4) is 0 Å². The van der Waals surface area contributed by atoms with Gasteiger partial charge in [0.15, 0.2) is 0 Å². The molecule has 0 aliphatic carbocycles. The van der Waals surface area contributed by atoms with Crippen molar-refractivity contribution >= 4 is 49.2 Å². The minimum Gasteiger partial charge on any atom is -0.339 e. The molecule has 0 fully saturated rings. The van der Waals surface area contributed by atoms with Crippen LogP contribution in [0.3, 0.4) is 0 Å². The molecule has 7 heteroatoms. The van der Waals surface area contributed by atoms with Crippen LogP contribution < -0.4 is 16.6 Å². The van der Waals surface area contributed by atoms with E-state index in [-0.39, 0.29) is 0 Å². The number of nitrogens with two attached hydrogens (primary N) is 1. The molecule has 0 aliphatic rings. The highest BCUT2D eigenvalue weighted by Gasteiger charge is 2.10. The van der Waals surface area contributed by atoms with Gasteiger partial charge in [-0.1, -0.05) is 22.9 Å². The van der Waals surface area contributed by atoms with Crippen molar-refractivity contribution in [1.29, 1.82) is 0 Å². The number of halogens is 2. The number of nitrogen functional groups attached to an aromatic ring is 1. The summed E-state index contributed by atoms with van der Waals surface area (Å²) in [6.07, 6.45) is 2.25. The minimum absolute atomic E-state index is 0.631. The van der Waals surface area contributed by atoms with Crippen LogP contribution in [0, 0.1) is 0 Å². The van der Waals surface area contributed by atoms with Gasteiger partial charge in [0.05, 0.1) is 5.69 Å². The maximum Gasteiger partial charge on any atom is 0.148 e. The van der Waals surface area contributed by atoms with Crippen LogP contribution in [-0.2, 0) is 6.42 Å². The normalized spacial score (nSPS) is 10.3. The first-order chi connectivity index (χ1) is 9.15. The Balaban J connectivity index is 2.40. The minimum atomic E-state index is 0.631. The van der Waals surface area contributed by atoms with Gasteiger partial charge < -0.3 is 10.7 Å². The lowest BCUT2D eigenvalue weighted by Gasteiger charge is -2.13. The molecule has 1 aromatic heterocycles. The molecule has 1 heterocycles. The van der Waals surface area contributed by atoms with E-state index in [9.17, 15) is 0 Å². The highest BCUT2D eigenvalue weighted by atomic mass is 79.9. The van der Waals surface area contributed by atoms with E-state index in [4.69, 9.17) is 5.84 Å². The quantitative estimate of drug-likeness (QED) is 0.552. The summed E-state index contributed by atoms with van der Waals surface area (Å²) in [5.41, 5.74) is 4.45. The van der Waals surface area contributed by atoms with E-state index < -0.39 is 0 Å². The van der Waals surface area contributed by atoms with Crippen LogP contribution in [0.4, 0.5) is 17.3 Å². The molecule has 19 heavy (non-hydrogen) atoms. The molecule has 2 aromatic rings. The number of aromatic nitrogens is 2. The summed E-state index contributed by atoms with van der Waals surface area (Å²) in [6.45, 7) is 2.03. The van der Waals surface area contributed by atoms with Gasteiger partial charge >= 0.3 is 0 Å². The predicted molar refractivity (Wildman–Crippen MR) is 84.3 cm³/mol. The third kappa shape index (κ3) is 3.23. The maximum atomic E-state index is 5.46. The van der Waals surface area contributed by atoms with Crippen molar-refractivity contribution in [1.82, 2.24) is 9.97 Å². The van der Waals surface area contributed by atoms with Crippen LogP contribution >= 0.6 is 31.9 Å². The van der Waals surface area contributed by atoms with E-state index in [2.05, 4.69) is 52.6 Å². The lowest BCUT2D eigenvalue weighted by Crippen LogP contribution is -2.13. The third-order valence-corrected chi connectivity index (χ3v) is 3.80. The second-order valence-electron chi connectivity index (χ2n) is 3.80. The zero-order valence-electron chi connectivity index (χ0n) is 10.2. The van der Waals surface area contributed by atoms with Crippen LogP contribution in [0.1, 0.15) is 12.5 Å². The summed E-state index contributed by atoms with van der Waals surface area (Å²) in [4.78, 5) is 8.37. The molecule has 4 N–H and O–H groups in total. The molecule has 0 spiro atoms. The molecule has 0 radical (unpaired) electrons. The monoisotopic (exact) mass is 385 g/mol. The van der Waals surface area contributed by atoms with E-state index in [1.165, 1.54) is 6.33 Å². The van der Waals surface area contributed by atoms with Gasteiger partial charge in [-0.3, -0.25) is 0 Å². The summed E-state index contributed by atoms with van der Waals surface area (Å²) in [7, 11) is 0. The van der Waals surface area contributed by atoms with Gasteiger partial charge in [-0.2, -0.15) is 0 Å². The first kappa shape index (κ1) is 14.2. The molecular formula is C12H13Br2N5. The van der Waals surface area contributed by atoms with E-state index in [0.717, 1.165) is 32.4 Å². The number of anilines is 3. The zero-order valence-corrected chi connectivity index (χ0v) is 13.4. The van der Waals surface area contributed by atoms with Gasteiger partial charge in [0.1, 0.15) is 18.0 Å².